The van der Waals surface area contributed by atoms with Gasteiger partial charge in [-0.25, -0.2) is 0 Å². The number of ether oxygens (including phenoxy) is 1. The first-order valence-corrected chi connectivity index (χ1v) is 10.2. The van der Waals surface area contributed by atoms with E-state index in [4.69, 9.17) is 30.1 Å². The van der Waals surface area contributed by atoms with Crippen molar-refractivity contribution in [2.24, 2.45) is 17.8 Å². The van der Waals surface area contributed by atoms with Crippen LogP contribution in [0.1, 0.15) is 26.2 Å². The first-order chi connectivity index (χ1) is 7.41. The third-order valence-corrected chi connectivity index (χ3v) is 2.92. The van der Waals surface area contributed by atoms with Crippen molar-refractivity contribution in [2.75, 3.05) is 0 Å². The van der Waals surface area contributed by atoms with Crippen LogP contribution in [0.3, 0.4) is 0 Å². The summed E-state index contributed by atoms with van der Waals surface area (Å²) in [5.74, 6) is -0.270. The molecule has 0 aromatic carbocycles. The monoisotopic (exact) mass is 325 g/mol. The van der Waals surface area contributed by atoms with Gasteiger partial charge in [0.15, 0.2) is 0 Å². The van der Waals surface area contributed by atoms with Gasteiger partial charge in [-0.05, 0) is 25.2 Å². The Labute approximate surface area is 111 Å². The number of carbonyl (C=O) groups is 2. The average Bonchev–Trinajstić information content (AvgIpc) is 2.41. The number of rotatable bonds is 0. The number of halogens is 3. The van der Waals surface area contributed by atoms with Crippen molar-refractivity contribution in [3.63, 3.8) is 0 Å². The van der Waals surface area contributed by atoms with Gasteiger partial charge in [0.1, 0.15) is 0 Å². The molecule has 1 saturated carbocycles. The molecular weight excluding hydrogens is 314 g/mol. The Kier molecular flexibility index (Phi) is 5.90. The predicted molar refractivity (Wildman–Crippen MR) is 58.7 cm³/mol. The number of carbonyl (C=O) groups excluding carboxylic acids is 2. The third kappa shape index (κ3) is 4.09. The Morgan fingerprint density at radius 2 is 1.62 bits per heavy atom. The first kappa shape index (κ1) is 14.6. The van der Waals surface area contributed by atoms with Gasteiger partial charge in [0.25, 0.3) is 0 Å². The summed E-state index contributed by atoms with van der Waals surface area (Å²) < 4.78 is 4.58. The van der Waals surface area contributed by atoms with E-state index in [0.717, 1.165) is 19.3 Å². The second-order valence-corrected chi connectivity index (χ2v) is 10.4. The molecule has 2 aliphatic rings. The molecule has 1 aliphatic heterocycles. The van der Waals surface area contributed by atoms with Crippen LogP contribution in [-0.2, 0) is 25.7 Å². The van der Waals surface area contributed by atoms with Crippen LogP contribution in [0.25, 0.3) is 0 Å². The maximum absolute atomic E-state index is 11.1. The second-order valence-electron chi connectivity index (χ2n) is 4.05. The maximum atomic E-state index is 11.1. The molecule has 0 N–H and O–H groups in total. The summed E-state index contributed by atoms with van der Waals surface area (Å²) in [5.41, 5.74) is 0. The zero-order valence-corrected chi connectivity index (χ0v) is 12.2. The van der Waals surface area contributed by atoms with E-state index < -0.39 is 11.4 Å². The quantitative estimate of drug-likeness (QED) is 0.507. The molecule has 3 unspecified atom stereocenters. The van der Waals surface area contributed by atoms with Crippen LogP contribution in [0.15, 0.2) is 0 Å². The van der Waals surface area contributed by atoms with Gasteiger partial charge in [-0.1, -0.05) is 6.92 Å². The van der Waals surface area contributed by atoms with Gasteiger partial charge in [-0.2, -0.15) is 0 Å². The van der Waals surface area contributed by atoms with Crippen LogP contribution in [0.4, 0.5) is 0 Å². The van der Waals surface area contributed by atoms with E-state index in [0.29, 0.717) is 5.92 Å². The van der Waals surface area contributed by atoms with E-state index in [1.165, 1.54) is 0 Å². The van der Waals surface area contributed by atoms with Crippen molar-refractivity contribution in [2.45, 2.75) is 26.2 Å². The van der Waals surface area contributed by atoms with E-state index in [2.05, 4.69) is 11.7 Å². The minimum atomic E-state index is -1.62. The molecule has 3 nitrogen and oxygen atoms in total. The zero-order chi connectivity index (χ0) is 12.3. The van der Waals surface area contributed by atoms with Crippen LogP contribution < -0.4 is 0 Å². The van der Waals surface area contributed by atoms with Gasteiger partial charge >= 0.3 is 53.5 Å². The number of hydrogen-bond acceptors (Lipinski definition) is 3. The third-order valence-electron chi connectivity index (χ3n) is 2.92. The zero-order valence-electron chi connectivity index (χ0n) is 8.62. The number of esters is 2. The molecule has 1 saturated heterocycles. The molecule has 1 aliphatic carbocycles. The van der Waals surface area contributed by atoms with Crippen molar-refractivity contribution in [1.29, 1.82) is 0 Å². The summed E-state index contributed by atoms with van der Waals surface area (Å²) in [4.78, 5) is 22.2. The number of cyclic esters (lactones) is 2. The molecule has 2 fully saturated rings. The Morgan fingerprint density at radius 3 is 2.19 bits per heavy atom. The molecule has 0 amide bonds. The molecule has 1 heterocycles. The Hall–Kier alpha value is 0.542. The van der Waals surface area contributed by atoms with Gasteiger partial charge in [0.2, 0.25) is 0 Å². The summed E-state index contributed by atoms with van der Waals surface area (Å²) in [5, 5.41) is 0. The predicted octanol–water partition coefficient (Wildman–Crippen LogP) is 3.19. The van der Waals surface area contributed by atoms with Gasteiger partial charge < -0.3 is 4.74 Å². The molecule has 3 atom stereocenters. The molecule has 0 bridgehead atoms. The van der Waals surface area contributed by atoms with Crippen LogP contribution in [-0.4, -0.2) is 11.9 Å². The Balaban J connectivity index is 0.000000280. The fourth-order valence-corrected chi connectivity index (χ4v) is 2.17. The molecule has 0 aromatic heterocycles. The summed E-state index contributed by atoms with van der Waals surface area (Å²) in [6.45, 7) is 2.12. The second kappa shape index (κ2) is 6.47. The standard InChI is InChI=1S/C9H12O3.3ClH.Cr/c1-5-2-3-6-7(4-5)9(11)12-8(6)10;;;;/h5-7H,2-4H2,1H3;3*1H;/q;;;;+3/p-3. The fraction of sp³-hybridized carbons (Fsp3) is 0.778. The first-order valence-electron chi connectivity index (χ1n) is 4.90. The average molecular weight is 327 g/mol. The van der Waals surface area contributed by atoms with E-state index in [-0.39, 0.29) is 23.8 Å². The van der Waals surface area contributed by atoms with Crippen molar-refractivity contribution < 1.29 is 25.7 Å². The van der Waals surface area contributed by atoms with E-state index in [9.17, 15) is 9.59 Å². The Bertz CT molecular complexity index is 282. The van der Waals surface area contributed by atoms with Crippen molar-refractivity contribution in [3.05, 3.63) is 0 Å². The topological polar surface area (TPSA) is 43.4 Å². The van der Waals surface area contributed by atoms with E-state index >= 15 is 0 Å². The van der Waals surface area contributed by atoms with Gasteiger partial charge in [-0.15, -0.1) is 0 Å². The normalized spacial score (nSPS) is 32.9. The molecule has 7 heteroatoms. The molecule has 0 radical (unpaired) electrons. The fourth-order valence-electron chi connectivity index (χ4n) is 2.17. The van der Waals surface area contributed by atoms with Crippen molar-refractivity contribution >= 4 is 42.1 Å². The van der Waals surface area contributed by atoms with Gasteiger partial charge in [0.05, 0.1) is 11.8 Å². The number of fused-ring (bicyclic) bond motifs is 1. The molecular formula is C9H12Cl3CrO3. The molecule has 93 valence electrons. The van der Waals surface area contributed by atoms with Gasteiger partial charge in [-0.3, -0.25) is 9.59 Å². The van der Waals surface area contributed by atoms with Crippen LogP contribution >= 0.6 is 30.1 Å². The van der Waals surface area contributed by atoms with Crippen LogP contribution in [0, 0.1) is 17.8 Å². The number of hydrogen-bond donors (Lipinski definition) is 0. The minimum absolute atomic E-state index is 0.117. The van der Waals surface area contributed by atoms with Gasteiger partial charge in [0, 0.05) is 0 Å². The SMILES string of the molecule is CC1CCC2C(=O)OC(=O)C2C1.[Cl][Cr]([Cl])[Cl]. The van der Waals surface area contributed by atoms with E-state index in [1.54, 1.807) is 0 Å². The summed E-state index contributed by atoms with van der Waals surface area (Å²) in [6, 6.07) is 0. The van der Waals surface area contributed by atoms with Crippen LogP contribution in [0.2, 0.25) is 0 Å². The molecule has 16 heavy (non-hydrogen) atoms. The molecule has 0 spiro atoms. The summed E-state index contributed by atoms with van der Waals surface area (Å²) in [6.07, 6.45) is 2.70. The van der Waals surface area contributed by atoms with Crippen molar-refractivity contribution in [1.82, 2.24) is 0 Å². The van der Waals surface area contributed by atoms with Crippen LogP contribution in [0.5, 0.6) is 0 Å². The summed E-state index contributed by atoms with van der Waals surface area (Å²) >= 11 is -1.62. The van der Waals surface area contributed by atoms with Crippen molar-refractivity contribution in [3.8, 4) is 0 Å². The Morgan fingerprint density at radius 1 is 1.12 bits per heavy atom. The molecule has 0 aromatic rings. The summed E-state index contributed by atoms with van der Waals surface area (Å²) in [7, 11) is 14.8. The van der Waals surface area contributed by atoms with E-state index in [1.807, 2.05) is 0 Å². The molecule has 2 rings (SSSR count).